The van der Waals surface area contributed by atoms with E-state index in [9.17, 15) is 18.0 Å². The summed E-state index contributed by atoms with van der Waals surface area (Å²) in [4.78, 5) is 11.9. The van der Waals surface area contributed by atoms with Gasteiger partial charge in [-0.3, -0.25) is 4.79 Å². The van der Waals surface area contributed by atoms with Gasteiger partial charge in [0.2, 0.25) is 0 Å². The second-order valence-corrected chi connectivity index (χ2v) is 4.27. The van der Waals surface area contributed by atoms with Gasteiger partial charge in [-0.05, 0) is 20.3 Å². The molecule has 0 aromatic heterocycles. The van der Waals surface area contributed by atoms with Gasteiger partial charge >= 0.3 is 5.97 Å². The maximum absolute atomic E-state index is 13.8. The minimum absolute atomic E-state index is 0.0320. The molecule has 1 N–H and O–H groups in total. The highest BCUT2D eigenvalue weighted by Crippen LogP contribution is 2.33. The number of aliphatic hydroxyl groups excluding tert-OH is 1. The number of hydrogen-bond donors (Lipinski definition) is 1. The van der Waals surface area contributed by atoms with Crippen LogP contribution < -0.4 is 0 Å². The summed E-state index contributed by atoms with van der Waals surface area (Å²) in [6.45, 7) is 2.37. The van der Waals surface area contributed by atoms with E-state index in [1.807, 2.05) is 0 Å². The Kier molecular flexibility index (Phi) is 4.94. The Bertz CT molecular complexity index is 453. The number of ether oxygens (including phenoxy) is 1. The van der Waals surface area contributed by atoms with Gasteiger partial charge in [0.15, 0.2) is 0 Å². The first-order chi connectivity index (χ1) is 8.86. The molecule has 1 atom stereocenters. The molecule has 0 saturated carbocycles. The van der Waals surface area contributed by atoms with Crippen molar-refractivity contribution in [1.82, 2.24) is 0 Å². The molecular formula is C13H15F3O3. The van der Waals surface area contributed by atoms with Gasteiger partial charge in [-0.2, -0.15) is 0 Å². The summed E-state index contributed by atoms with van der Waals surface area (Å²) in [5.74, 6) is -4.30. The molecule has 19 heavy (non-hydrogen) atoms. The molecule has 1 unspecified atom stereocenters. The lowest BCUT2D eigenvalue weighted by Gasteiger charge is -2.27. The van der Waals surface area contributed by atoms with Gasteiger partial charge in [0.05, 0.1) is 12.0 Å². The Labute approximate surface area is 109 Å². The summed E-state index contributed by atoms with van der Waals surface area (Å²) in [6, 6.07) is 0.987. The average molecular weight is 276 g/mol. The average Bonchev–Trinajstić information content (AvgIpc) is 2.27. The van der Waals surface area contributed by atoms with Crippen LogP contribution in [0.5, 0.6) is 0 Å². The molecule has 0 radical (unpaired) electrons. The van der Waals surface area contributed by atoms with Crippen LogP contribution in [-0.4, -0.2) is 24.3 Å². The van der Waals surface area contributed by atoms with Crippen molar-refractivity contribution in [3.63, 3.8) is 0 Å². The molecule has 0 aliphatic heterocycles. The van der Waals surface area contributed by atoms with Crippen molar-refractivity contribution in [2.24, 2.45) is 0 Å². The monoisotopic (exact) mass is 276 g/mol. The third-order valence-corrected chi connectivity index (χ3v) is 2.90. The highest BCUT2D eigenvalue weighted by Gasteiger charge is 2.41. The number of esters is 1. The molecule has 0 aliphatic carbocycles. The SMILES string of the molecule is CCOC(=O)C(C)(CCO)c1c(F)cc(F)cc1F. The first kappa shape index (κ1) is 15.5. The Morgan fingerprint density at radius 2 is 1.84 bits per heavy atom. The molecule has 3 nitrogen and oxygen atoms in total. The van der Waals surface area contributed by atoms with E-state index in [1.165, 1.54) is 6.92 Å². The standard InChI is InChI=1S/C13H15F3O3/c1-3-19-12(18)13(2,4-5-17)11-9(15)6-8(14)7-10(11)16/h6-7,17H,3-5H2,1-2H3. The second kappa shape index (κ2) is 6.06. The largest absolute Gasteiger partial charge is 0.465 e. The first-order valence-electron chi connectivity index (χ1n) is 5.80. The van der Waals surface area contributed by atoms with E-state index in [2.05, 4.69) is 0 Å². The van der Waals surface area contributed by atoms with Crippen LogP contribution in [0, 0.1) is 17.5 Å². The lowest BCUT2D eigenvalue weighted by molar-refractivity contribution is -0.150. The van der Waals surface area contributed by atoms with Crippen molar-refractivity contribution >= 4 is 5.97 Å². The van der Waals surface area contributed by atoms with Crippen LogP contribution in [0.15, 0.2) is 12.1 Å². The minimum Gasteiger partial charge on any atom is -0.465 e. The predicted molar refractivity (Wildman–Crippen MR) is 62.0 cm³/mol. The molecule has 0 saturated heterocycles. The van der Waals surface area contributed by atoms with Gasteiger partial charge in [0, 0.05) is 24.3 Å². The summed E-state index contributed by atoms with van der Waals surface area (Å²) >= 11 is 0. The fourth-order valence-corrected chi connectivity index (χ4v) is 1.91. The van der Waals surface area contributed by atoms with E-state index >= 15 is 0 Å². The summed E-state index contributed by atoms with van der Waals surface area (Å²) in [7, 11) is 0. The summed E-state index contributed by atoms with van der Waals surface area (Å²) in [5, 5.41) is 8.99. The van der Waals surface area contributed by atoms with Crippen LogP contribution in [0.4, 0.5) is 13.2 Å². The maximum atomic E-state index is 13.8. The van der Waals surface area contributed by atoms with Crippen LogP contribution in [0.3, 0.4) is 0 Å². The van der Waals surface area contributed by atoms with Crippen molar-refractivity contribution in [1.29, 1.82) is 0 Å². The summed E-state index contributed by atoms with van der Waals surface area (Å²) < 4.78 is 45.2. The van der Waals surface area contributed by atoms with E-state index in [0.717, 1.165) is 0 Å². The van der Waals surface area contributed by atoms with E-state index < -0.39 is 41.0 Å². The topological polar surface area (TPSA) is 46.5 Å². The van der Waals surface area contributed by atoms with Crippen molar-refractivity contribution in [3.05, 3.63) is 35.1 Å². The van der Waals surface area contributed by atoms with Crippen molar-refractivity contribution in [3.8, 4) is 0 Å². The highest BCUT2D eigenvalue weighted by molar-refractivity contribution is 5.83. The Balaban J connectivity index is 3.38. The summed E-state index contributed by atoms with van der Waals surface area (Å²) in [6.07, 6.45) is -0.231. The van der Waals surface area contributed by atoms with Gasteiger partial charge < -0.3 is 9.84 Å². The van der Waals surface area contributed by atoms with Gasteiger partial charge in [-0.25, -0.2) is 13.2 Å². The zero-order valence-corrected chi connectivity index (χ0v) is 10.7. The van der Waals surface area contributed by atoms with Crippen LogP contribution in [0.25, 0.3) is 0 Å². The number of benzene rings is 1. The van der Waals surface area contributed by atoms with Crippen LogP contribution in [-0.2, 0) is 14.9 Å². The molecular weight excluding hydrogens is 261 g/mol. The normalized spacial score (nSPS) is 14.0. The smallest absolute Gasteiger partial charge is 0.316 e. The number of carbonyl (C=O) groups excluding carboxylic acids is 1. The molecule has 0 amide bonds. The third kappa shape index (κ3) is 3.07. The molecule has 106 valence electrons. The minimum atomic E-state index is -1.70. The molecule has 0 heterocycles. The predicted octanol–water partition coefficient (Wildman–Crippen LogP) is 2.31. The molecule has 0 fully saturated rings. The Hall–Kier alpha value is -1.56. The number of rotatable bonds is 5. The van der Waals surface area contributed by atoms with Crippen molar-refractivity contribution < 1.29 is 27.8 Å². The van der Waals surface area contributed by atoms with Crippen molar-refractivity contribution in [2.75, 3.05) is 13.2 Å². The van der Waals surface area contributed by atoms with E-state index in [4.69, 9.17) is 9.84 Å². The van der Waals surface area contributed by atoms with E-state index in [1.54, 1.807) is 6.92 Å². The van der Waals surface area contributed by atoms with Gasteiger partial charge in [-0.1, -0.05) is 0 Å². The second-order valence-electron chi connectivity index (χ2n) is 4.27. The number of aliphatic hydroxyl groups is 1. The molecule has 1 aromatic carbocycles. The molecule has 0 aliphatic rings. The molecule has 1 rings (SSSR count). The van der Waals surface area contributed by atoms with Gasteiger partial charge in [0.1, 0.15) is 17.5 Å². The zero-order chi connectivity index (χ0) is 14.6. The lowest BCUT2D eigenvalue weighted by Crippen LogP contribution is -2.37. The summed E-state index contributed by atoms with van der Waals surface area (Å²) in [5.41, 5.74) is -2.30. The third-order valence-electron chi connectivity index (χ3n) is 2.90. The van der Waals surface area contributed by atoms with Crippen LogP contribution in [0.2, 0.25) is 0 Å². The van der Waals surface area contributed by atoms with Gasteiger partial charge in [-0.15, -0.1) is 0 Å². The van der Waals surface area contributed by atoms with Crippen molar-refractivity contribution in [2.45, 2.75) is 25.7 Å². The van der Waals surface area contributed by atoms with Crippen LogP contribution >= 0.6 is 0 Å². The molecule has 6 heteroatoms. The number of halogens is 3. The van der Waals surface area contributed by atoms with E-state index in [-0.39, 0.29) is 13.0 Å². The first-order valence-corrected chi connectivity index (χ1v) is 5.80. The molecule has 1 aromatic rings. The van der Waals surface area contributed by atoms with Gasteiger partial charge in [0.25, 0.3) is 0 Å². The molecule has 0 spiro atoms. The fraction of sp³-hybridized carbons (Fsp3) is 0.462. The fourth-order valence-electron chi connectivity index (χ4n) is 1.91. The molecule has 0 bridgehead atoms. The Morgan fingerprint density at radius 3 is 2.26 bits per heavy atom. The number of hydrogen-bond acceptors (Lipinski definition) is 3. The highest BCUT2D eigenvalue weighted by atomic mass is 19.1. The number of carbonyl (C=O) groups is 1. The maximum Gasteiger partial charge on any atom is 0.316 e. The van der Waals surface area contributed by atoms with Crippen LogP contribution in [0.1, 0.15) is 25.8 Å². The zero-order valence-electron chi connectivity index (χ0n) is 10.7. The lowest BCUT2D eigenvalue weighted by atomic mass is 9.79. The quantitative estimate of drug-likeness (QED) is 0.839. The van der Waals surface area contributed by atoms with E-state index in [0.29, 0.717) is 12.1 Å². The Morgan fingerprint density at radius 1 is 1.32 bits per heavy atom.